The second-order valence-electron chi connectivity index (χ2n) is 10.4. The summed E-state index contributed by atoms with van der Waals surface area (Å²) in [6.07, 6.45) is 5.33. The molecule has 1 saturated heterocycles. The number of aliphatic hydroxyl groups excluding tert-OH is 3. The Balaban J connectivity index is 1.61. The van der Waals surface area contributed by atoms with Gasteiger partial charge in [-0.2, -0.15) is 0 Å². The second-order valence-corrected chi connectivity index (χ2v) is 10.4. The van der Waals surface area contributed by atoms with Gasteiger partial charge in [0, 0.05) is 10.8 Å². The highest BCUT2D eigenvalue weighted by atomic mass is 16.6. The van der Waals surface area contributed by atoms with Gasteiger partial charge >= 0.3 is 0 Å². The molecular formula is C20H32O4. The third kappa shape index (κ3) is 1.49. The minimum Gasteiger partial charge on any atom is -0.396 e. The van der Waals surface area contributed by atoms with Gasteiger partial charge in [0.1, 0.15) is 0 Å². The topological polar surface area (TPSA) is 73.2 Å². The molecule has 4 aliphatic carbocycles. The summed E-state index contributed by atoms with van der Waals surface area (Å²) in [7, 11) is 0. The molecule has 0 aromatic heterocycles. The van der Waals surface area contributed by atoms with Crippen LogP contribution in [0.2, 0.25) is 0 Å². The lowest BCUT2D eigenvalue weighted by Gasteiger charge is -2.66. The van der Waals surface area contributed by atoms with Crippen LogP contribution < -0.4 is 0 Å². The van der Waals surface area contributed by atoms with Crippen molar-refractivity contribution in [2.75, 3.05) is 6.61 Å². The molecule has 24 heavy (non-hydrogen) atoms. The minimum atomic E-state index is -0.501. The molecule has 2 bridgehead atoms. The first-order valence-corrected chi connectivity index (χ1v) is 9.88. The fraction of sp³-hybridized carbons (Fsp3) is 1.00. The molecule has 1 spiro atoms. The van der Waals surface area contributed by atoms with Crippen LogP contribution in [0, 0.1) is 34.0 Å². The molecule has 10 atom stereocenters. The van der Waals surface area contributed by atoms with E-state index in [2.05, 4.69) is 13.8 Å². The highest BCUT2D eigenvalue weighted by Crippen LogP contribution is 2.77. The van der Waals surface area contributed by atoms with E-state index in [-0.39, 0.29) is 41.2 Å². The number of hydrogen-bond donors (Lipinski definition) is 3. The fourth-order valence-electron chi connectivity index (χ4n) is 8.30. The zero-order valence-corrected chi connectivity index (χ0v) is 15.2. The summed E-state index contributed by atoms with van der Waals surface area (Å²) in [4.78, 5) is 0. The van der Waals surface area contributed by atoms with E-state index in [1.807, 2.05) is 6.92 Å². The molecule has 1 heterocycles. The maximum absolute atomic E-state index is 11.3. The number of epoxide rings is 1. The third-order valence-electron chi connectivity index (χ3n) is 9.71. The predicted molar refractivity (Wildman–Crippen MR) is 89.2 cm³/mol. The molecule has 5 fully saturated rings. The van der Waals surface area contributed by atoms with Crippen molar-refractivity contribution in [1.29, 1.82) is 0 Å². The van der Waals surface area contributed by atoms with Crippen molar-refractivity contribution in [2.45, 2.75) is 83.2 Å². The van der Waals surface area contributed by atoms with Crippen LogP contribution in [0.25, 0.3) is 0 Å². The lowest BCUT2D eigenvalue weighted by atomic mass is 9.39. The van der Waals surface area contributed by atoms with Crippen LogP contribution in [-0.2, 0) is 4.74 Å². The summed E-state index contributed by atoms with van der Waals surface area (Å²) in [5.41, 5.74) is -0.494. The molecule has 0 aromatic carbocycles. The molecule has 4 nitrogen and oxygen atoms in total. The molecule has 136 valence electrons. The van der Waals surface area contributed by atoms with E-state index >= 15 is 0 Å². The van der Waals surface area contributed by atoms with Crippen molar-refractivity contribution >= 4 is 0 Å². The van der Waals surface area contributed by atoms with E-state index in [9.17, 15) is 15.3 Å². The molecule has 0 aromatic rings. The predicted octanol–water partition coefficient (Wildman–Crippen LogP) is 2.10. The van der Waals surface area contributed by atoms with Gasteiger partial charge in [0.15, 0.2) is 0 Å². The molecule has 4 heteroatoms. The van der Waals surface area contributed by atoms with Gasteiger partial charge < -0.3 is 20.1 Å². The van der Waals surface area contributed by atoms with Crippen LogP contribution in [0.3, 0.4) is 0 Å². The molecule has 3 N–H and O–H groups in total. The summed E-state index contributed by atoms with van der Waals surface area (Å²) < 4.78 is 6.20. The summed E-state index contributed by atoms with van der Waals surface area (Å²) in [6, 6.07) is 0. The first-order chi connectivity index (χ1) is 11.2. The Hall–Kier alpha value is -0.160. The highest BCUT2D eigenvalue weighted by Gasteiger charge is 2.81. The van der Waals surface area contributed by atoms with Crippen molar-refractivity contribution in [1.82, 2.24) is 0 Å². The summed E-state index contributed by atoms with van der Waals surface area (Å²) in [5.74, 6) is 1.22. The molecule has 4 saturated carbocycles. The minimum absolute atomic E-state index is 0.00112. The molecule has 0 radical (unpaired) electrons. The van der Waals surface area contributed by atoms with Crippen molar-refractivity contribution < 1.29 is 20.1 Å². The van der Waals surface area contributed by atoms with E-state index in [1.54, 1.807) is 0 Å². The monoisotopic (exact) mass is 336 g/mol. The number of fused-ring (bicyclic) bond motifs is 5. The van der Waals surface area contributed by atoms with Crippen molar-refractivity contribution in [3.8, 4) is 0 Å². The standard InChI is InChI=1S/C20H32O4/c1-17-7-6-14(22)18(2,10-21)13(17)8-15(23)20-9-11(4-5-12(17)20)19(3)16(20)24-19/h11-16,21-23H,4-10H2,1-3H3. The third-order valence-corrected chi connectivity index (χ3v) is 9.71. The van der Waals surface area contributed by atoms with Gasteiger partial charge in [-0.1, -0.05) is 13.8 Å². The van der Waals surface area contributed by atoms with E-state index < -0.39 is 11.5 Å². The summed E-state index contributed by atoms with van der Waals surface area (Å²) >= 11 is 0. The van der Waals surface area contributed by atoms with E-state index in [1.165, 1.54) is 12.8 Å². The normalized spacial score (nSPS) is 67.2. The molecule has 0 amide bonds. The van der Waals surface area contributed by atoms with Crippen LogP contribution >= 0.6 is 0 Å². The Labute approximate surface area is 144 Å². The zero-order chi connectivity index (χ0) is 17.1. The van der Waals surface area contributed by atoms with Crippen molar-refractivity contribution in [2.24, 2.45) is 34.0 Å². The Morgan fingerprint density at radius 3 is 2.46 bits per heavy atom. The number of hydrogen-bond acceptors (Lipinski definition) is 4. The van der Waals surface area contributed by atoms with E-state index in [0.717, 1.165) is 19.3 Å². The lowest BCUT2D eigenvalue weighted by molar-refractivity contribution is -0.240. The van der Waals surface area contributed by atoms with Crippen LogP contribution in [0.4, 0.5) is 0 Å². The number of aliphatic hydroxyl groups is 3. The first-order valence-electron chi connectivity index (χ1n) is 9.88. The lowest BCUT2D eigenvalue weighted by Crippen LogP contribution is -2.66. The Bertz CT molecular complexity index is 580. The maximum atomic E-state index is 11.3. The Kier molecular flexibility index (Phi) is 2.93. The average molecular weight is 336 g/mol. The van der Waals surface area contributed by atoms with Crippen LogP contribution in [0.15, 0.2) is 0 Å². The average Bonchev–Trinajstić information content (AvgIpc) is 3.23. The van der Waals surface area contributed by atoms with Gasteiger partial charge in [0.2, 0.25) is 0 Å². The largest absolute Gasteiger partial charge is 0.396 e. The van der Waals surface area contributed by atoms with Crippen LogP contribution in [-0.4, -0.2) is 45.8 Å². The zero-order valence-electron chi connectivity index (χ0n) is 15.2. The number of rotatable bonds is 1. The Morgan fingerprint density at radius 1 is 1.00 bits per heavy atom. The summed E-state index contributed by atoms with van der Waals surface area (Å²) in [5, 5.41) is 32.1. The van der Waals surface area contributed by atoms with Crippen molar-refractivity contribution in [3.05, 3.63) is 0 Å². The van der Waals surface area contributed by atoms with E-state index in [0.29, 0.717) is 18.3 Å². The second kappa shape index (κ2) is 4.39. The van der Waals surface area contributed by atoms with Gasteiger partial charge in [0.05, 0.1) is 30.5 Å². The highest BCUT2D eigenvalue weighted by molar-refractivity contribution is 5.29. The molecule has 1 aliphatic heterocycles. The maximum Gasteiger partial charge on any atom is 0.0957 e. The van der Waals surface area contributed by atoms with Crippen LogP contribution in [0.5, 0.6) is 0 Å². The molecule has 5 rings (SSSR count). The van der Waals surface area contributed by atoms with Gasteiger partial charge in [-0.3, -0.25) is 0 Å². The molecule has 10 unspecified atom stereocenters. The molecular weight excluding hydrogens is 304 g/mol. The number of ether oxygens (including phenoxy) is 1. The Morgan fingerprint density at radius 2 is 1.75 bits per heavy atom. The van der Waals surface area contributed by atoms with Crippen molar-refractivity contribution in [3.63, 3.8) is 0 Å². The molecule has 5 aliphatic rings. The van der Waals surface area contributed by atoms with E-state index in [4.69, 9.17) is 4.74 Å². The van der Waals surface area contributed by atoms with Gasteiger partial charge in [-0.15, -0.1) is 0 Å². The fourth-order valence-corrected chi connectivity index (χ4v) is 8.30. The summed E-state index contributed by atoms with van der Waals surface area (Å²) in [6.45, 7) is 6.67. The quantitative estimate of drug-likeness (QED) is 0.641. The van der Waals surface area contributed by atoms with Gasteiger partial charge in [-0.05, 0) is 68.6 Å². The van der Waals surface area contributed by atoms with Gasteiger partial charge in [0.25, 0.3) is 0 Å². The smallest absolute Gasteiger partial charge is 0.0957 e. The van der Waals surface area contributed by atoms with Gasteiger partial charge in [-0.25, -0.2) is 0 Å². The van der Waals surface area contributed by atoms with Crippen LogP contribution in [0.1, 0.15) is 59.3 Å². The SMILES string of the molecule is CC1(CO)C(O)CCC2(C)C1CC(O)C13CC(CCC21)C1(C)OC13. The first kappa shape index (κ1) is 16.0.